The zero-order chi connectivity index (χ0) is 38.9. The number of rotatable bonds is 10. The van der Waals surface area contributed by atoms with Crippen molar-refractivity contribution in [3.05, 3.63) is 123 Å². The predicted octanol–water partition coefficient (Wildman–Crippen LogP) is 10.6. The second-order valence-electron chi connectivity index (χ2n) is 14.8. The van der Waals surface area contributed by atoms with E-state index < -0.39 is 5.97 Å². The van der Waals surface area contributed by atoms with E-state index in [0.717, 1.165) is 48.4 Å². The molecule has 1 atom stereocenters. The van der Waals surface area contributed by atoms with E-state index in [9.17, 15) is 14.7 Å². The van der Waals surface area contributed by atoms with Crippen LogP contribution in [0.3, 0.4) is 0 Å². The summed E-state index contributed by atoms with van der Waals surface area (Å²) >= 11 is 19.6. The van der Waals surface area contributed by atoms with Crippen molar-refractivity contribution in [1.29, 1.82) is 0 Å². The third-order valence-corrected chi connectivity index (χ3v) is 12.1. The molecule has 1 saturated heterocycles. The van der Waals surface area contributed by atoms with Gasteiger partial charge in [0.25, 0.3) is 5.91 Å². The Labute approximate surface area is 341 Å². The summed E-state index contributed by atoms with van der Waals surface area (Å²) in [5, 5.41) is 15.3. The van der Waals surface area contributed by atoms with E-state index in [-0.39, 0.29) is 18.4 Å². The molecular weight excluding hydrogens is 767 g/mol. The largest absolute Gasteiger partial charge is 0.481 e. The summed E-state index contributed by atoms with van der Waals surface area (Å²) < 4.78 is 2.04. The number of hydrogen-bond acceptors (Lipinski definition) is 5. The van der Waals surface area contributed by atoms with E-state index >= 15 is 0 Å². The summed E-state index contributed by atoms with van der Waals surface area (Å²) in [5.74, 6) is -1.33. The van der Waals surface area contributed by atoms with Gasteiger partial charge in [-0.25, -0.2) is 4.98 Å². The molecular formula is C44H43Cl3N6O3. The van der Waals surface area contributed by atoms with Crippen molar-refractivity contribution in [1.82, 2.24) is 19.4 Å². The number of hydrogen-bond donors (Lipinski definition) is 3. The number of carbonyl (C=O) groups is 2. The number of H-pyrrole nitrogens is 1. The molecule has 2 aromatic heterocycles. The number of nitrogens with zero attached hydrogens (tertiary/aromatic N) is 4. The fourth-order valence-corrected chi connectivity index (χ4v) is 9.23. The average Bonchev–Trinajstić information content (AvgIpc) is 3.80. The molecule has 2 aliphatic rings. The Morgan fingerprint density at radius 1 is 0.893 bits per heavy atom. The van der Waals surface area contributed by atoms with Gasteiger partial charge in [0.05, 0.1) is 41.6 Å². The van der Waals surface area contributed by atoms with Gasteiger partial charge in [-0.05, 0) is 67.3 Å². The van der Waals surface area contributed by atoms with Gasteiger partial charge >= 0.3 is 5.97 Å². The van der Waals surface area contributed by atoms with Gasteiger partial charge in [-0.3, -0.25) is 14.5 Å². The first kappa shape index (κ1) is 38.1. The lowest BCUT2D eigenvalue weighted by atomic mass is 9.94. The molecule has 9 nitrogen and oxygen atoms in total. The Morgan fingerprint density at radius 2 is 1.62 bits per heavy atom. The second kappa shape index (κ2) is 16.4. The van der Waals surface area contributed by atoms with Crippen LogP contribution >= 0.6 is 34.8 Å². The van der Waals surface area contributed by atoms with Crippen LogP contribution in [0.4, 0.5) is 11.4 Å². The molecule has 1 aliphatic carbocycles. The minimum Gasteiger partial charge on any atom is -0.481 e. The molecule has 8 rings (SSSR count). The van der Waals surface area contributed by atoms with Crippen LogP contribution in [-0.4, -0.2) is 68.6 Å². The van der Waals surface area contributed by atoms with Crippen molar-refractivity contribution in [3.63, 3.8) is 0 Å². The molecule has 6 aromatic rings. The fourth-order valence-electron chi connectivity index (χ4n) is 8.49. The van der Waals surface area contributed by atoms with E-state index in [2.05, 4.69) is 20.1 Å². The highest BCUT2D eigenvalue weighted by molar-refractivity contribution is 6.35. The molecule has 4 aromatic carbocycles. The van der Waals surface area contributed by atoms with Crippen molar-refractivity contribution in [2.75, 3.05) is 36.4 Å². The number of piperazine rings is 1. The maximum atomic E-state index is 14.9. The van der Waals surface area contributed by atoms with E-state index in [4.69, 9.17) is 39.8 Å². The molecule has 1 saturated carbocycles. The van der Waals surface area contributed by atoms with Gasteiger partial charge in [0.1, 0.15) is 5.69 Å². The number of carboxylic acids is 1. The molecule has 288 valence electrons. The smallest absolute Gasteiger partial charge is 0.307 e. The zero-order valence-corrected chi connectivity index (χ0v) is 33.3. The summed E-state index contributed by atoms with van der Waals surface area (Å²) in [7, 11) is 0. The molecule has 0 bridgehead atoms. The number of aliphatic carboxylic acids is 1. The number of aromatic amines is 1. The van der Waals surface area contributed by atoms with Crippen molar-refractivity contribution >= 4 is 69.0 Å². The molecule has 2 fully saturated rings. The van der Waals surface area contributed by atoms with Gasteiger partial charge in [0.2, 0.25) is 0 Å². The zero-order valence-electron chi connectivity index (χ0n) is 31.1. The summed E-state index contributed by atoms with van der Waals surface area (Å²) in [6.07, 6.45) is 8.01. The summed E-state index contributed by atoms with van der Waals surface area (Å²) in [6.45, 7) is 5.51. The summed E-state index contributed by atoms with van der Waals surface area (Å²) in [4.78, 5) is 40.0. The lowest BCUT2D eigenvalue weighted by molar-refractivity contribution is -0.136. The SMILES string of the molecule is C[C@@H](c1ccc(Cl)cc1Cl)n1cnc(-c2ccccc2)c1-c1c(C(=O)Nc2cc(CC(=O)O)ccc2N2CCN(C3CCCCC3)CC2)[nH]c2cc(Cl)ccc12. The van der Waals surface area contributed by atoms with Crippen LogP contribution in [0, 0.1) is 0 Å². The topological polar surface area (TPSA) is 106 Å². The second-order valence-corrected chi connectivity index (χ2v) is 16.1. The van der Waals surface area contributed by atoms with E-state index in [1.165, 1.54) is 32.1 Å². The Hall–Kier alpha value is -4.80. The number of halogens is 3. The quantitative estimate of drug-likeness (QED) is 0.127. The Bertz CT molecular complexity index is 2400. The number of carboxylic acid groups (broad SMARTS) is 1. The summed E-state index contributed by atoms with van der Waals surface area (Å²) in [5.41, 5.74) is 6.77. The van der Waals surface area contributed by atoms with Crippen molar-refractivity contribution in [2.45, 2.75) is 57.5 Å². The number of carbonyl (C=O) groups excluding carboxylic acids is 1. The van der Waals surface area contributed by atoms with Gasteiger partial charge in [0, 0.05) is 69.3 Å². The maximum Gasteiger partial charge on any atom is 0.307 e. The van der Waals surface area contributed by atoms with Gasteiger partial charge in [-0.2, -0.15) is 0 Å². The van der Waals surface area contributed by atoms with Crippen molar-refractivity contribution < 1.29 is 14.7 Å². The Kier molecular flexibility index (Phi) is 11.1. The minimum atomic E-state index is -0.942. The van der Waals surface area contributed by atoms with Crippen LogP contribution in [0.1, 0.15) is 66.7 Å². The Morgan fingerprint density at radius 3 is 2.36 bits per heavy atom. The lowest BCUT2D eigenvalue weighted by Crippen LogP contribution is -2.51. The molecule has 3 N–H and O–H groups in total. The molecule has 56 heavy (non-hydrogen) atoms. The first-order valence-electron chi connectivity index (χ1n) is 19.2. The van der Waals surface area contributed by atoms with Crippen LogP contribution in [0.2, 0.25) is 15.1 Å². The number of imidazole rings is 1. The summed E-state index contributed by atoms with van der Waals surface area (Å²) in [6, 6.07) is 26.7. The third kappa shape index (κ3) is 7.78. The normalized spacial score (nSPS) is 16.0. The van der Waals surface area contributed by atoms with Gasteiger partial charge in [0.15, 0.2) is 0 Å². The molecule has 1 amide bonds. The predicted molar refractivity (Wildman–Crippen MR) is 227 cm³/mol. The number of aromatic nitrogens is 3. The van der Waals surface area contributed by atoms with Crippen molar-refractivity contribution in [3.8, 4) is 22.5 Å². The standard InChI is InChI=1S/C44H43Cl3N6O3/c1-27(33-15-13-30(45)24-35(33)47)53-26-48-41(29-8-4-2-5-9-29)43(53)40-34-16-14-31(46)25-36(34)49-42(40)44(56)50-37-22-28(23-39(54)55)12-17-38(37)52-20-18-51(19-21-52)32-10-6-3-7-11-32/h2,4-5,8-9,12-17,22,24-27,32,49H,3,6-7,10-11,18-21,23H2,1H3,(H,50,56)(H,54,55)/t27-/m0/s1. The molecule has 0 radical (unpaired) electrons. The number of anilines is 2. The Balaban J connectivity index is 1.23. The van der Waals surface area contributed by atoms with E-state index in [1.807, 2.05) is 84.3 Å². The number of benzene rings is 4. The van der Waals surface area contributed by atoms with Gasteiger partial charge in [-0.15, -0.1) is 0 Å². The first-order valence-corrected chi connectivity index (χ1v) is 20.3. The third-order valence-electron chi connectivity index (χ3n) is 11.3. The van der Waals surface area contributed by atoms with E-state index in [0.29, 0.717) is 60.5 Å². The average molecular weight is 810 g/mol. The monoisotopic (exact) mass is 808 g/mol. The number of fused-ring (bicyclic) bond motifs is 1. The van der Waals surface area contributed by atoms with E-state index in [1.54, 1.807) is 18.5 Å². The van der Waals surface area contributed by atoms with Crippen LogP contribution in [0.5, 0.6) is 0 Å². The maximum absolute atomic E-state index is 14.9. The molecule has 3 heterocycles. The lowest BCUT2D eigenvalue weighted by Gasteiger charge is -2.42. The molecule has 12 heteroatoms. The van der Waals surface area contributed by atoms with Crippen LogP contribution in [0.15, 0.2) is 91.3 Å². The molecule has 1 aliphatic heterocycles. The van der Waals surface area contributed by atoms with Crippen LogP contribution in [0.25, 0.3) is 33.4 Å². The fraction of sp³-hybridized carbons (Fsp3) is 0.295. The van der Waals surface area contributed by atoms with Crippen LogP contribution < -0.4 is 10.2 Å². The first-order chi connectivity index (χ1) is 27.1. The molecule has 0 spiro atoms. The van der Waals surface area contributed by atoms with Crippen LogP contribution in [-0.2, 0) is 11.2 Å². The van der Waals surface area contributed by atoms with Gasteiger partial charge < -0.3 is 24.9 Å². The number of amides is 1. The van der Waals surface area contributed by atoms with Gasteiger partial charge in [-0.1, -0.05) is 103 Å². The minimum absolute atomic E-state index is 0.167. The highest BCUT2D eigenvalue weighted by Gasteiger charge is 2.30. The highest BCUT2D eigenvalue weighted by Crippen LogP contribution is 2.43. The number of nitrogens with one attached hydrogen (secondary N) is 2. The highest BCUT2D eigenvalue weighted by atomic mass is 35.5. The molecule has 0 unspecified atom stereocenters. The van der Waals surface area contributed by atoms with Crippen molar-refractivity contribution in [2.24, 2.45) is 0 Å².